The van der Waals surface area contributed by atoms with E-state index in [9.17, 15) is 9.59 Å². The van der Waals surface area contributed by atoms with Gasteiger partial charge in [-0.2, -0.15) is 5.10 Å². The molecule has 4 rings (SSSR count). The predicted octanol–water partition coefficient (Wildman–Crippen LogP) is 3.29. The molecule has 0 saturated carbocycles. The molecule has 7 nitrogen and oxygen atoms in total. The fourth-order valence-electron chi connectivity index (χ4n) is 3.37. The Balaban J connectivity index is 1.63. The summed E-state index contributed by atoms with van der Waals surface area (Å²) in [6, 6.07) is 13.1. The van der Waals surface area contributed by atoms with Crippen molar-refractivity contribution in [2.24, 2.45) is 5.10 Å². The van der Waals surface area contributed by atoms with Crippen LogP contribution in [0.25, 0.3) is 11.0 Å². The average molecular weight is 373 g/mol. The second kappa shape index (κ2) is 7.19. The lowest BCUT2D eigenvalue weighted by Gasteiger charge is -2.20. The van der Waals surface area contributed by atoms with E-state index in [4.69, 9.17) is 0 Å². The minimum atomic E-state index is -0.186. The zero-order valence-corrected chi connectivity index (χ0v) is 15.6. The lowest BCUT2D eigenvalue weighted by molar-refractivity contribution is -0.130. The van der Waals surface area contributed by atoms with E-state index in [2.05, 4.69) is 20.4 Å². The number of carbonyl (C=O) groups is 2. The van der Waals surface area contributed by atoms with E-state index in [1.54, 1.807) is 12.4 Å². The Morgan fingerprint density at radius 3 is 2.39 bits per heavy atom. The van der Waals surface area contributed by atoms with Gasteiger partial charge >= 0.3 is 0 Å². The number of benzene rings is 2. The van der Waals surface area contributed by atoms with Gasteiger partial charge in [-0.05, 0) is 35.4 Å². The lowest BCUT2D eigenvalue weighted by atomic mass is 9.98. The Morgan fingerprint density at radius 2 is 1.71 bits per heavy atom. The molecule has 0 radical (unpaired) electrons. The van der Waals surface area contributed by atoms with Crippen LogP contribution in [-0.2, 0) is 9.59 Å². The van der Waals surface area contributed by atoms with Crippen molar-refractivity contribution in [2.45, 2.75) is 26.3 Å². The molecular weight excluding hydrogens is 354 g/mol. The molecule has 1 N–H and O–H groups in total. The number of aromatic nitrogens is 2. The van der Waals surface area contributed by atoms with Crippen molar-refractivity contribution < 1.29 is 9.59 Å². The number of nitrogens with zero attached hydrogens (tertiary/aromatic N) is 4. The first-order valence-electron chi connectivity index (χ1n) is 8.97. The second-order valence-corrected chi connectivity index (χ2v) is 6.69. The highest BCUT2D eigenvalue weighted by atomic mass is 16.2. The number of hydrazone groups is 1. The van der Waals surface area contributed by atoms with Gasteiger partial charge in [-0.1, -0.05) is 18.2 Å². The molecule has 28 heavy (non-hydrogen) atoms. The normalized spacial score (nSPS) is 16.1. The smallest absolute Gasteiger partial charge is 0.240 e. The highest BCUT2D eigenvalue weighted by Crippen LogP contribution is 2.33. The molecule has 2 heterocycles. The SMILES string of the molecule is CC(=O)Nc1ccc(C2=NN(C(C)=O)[C@H](c3ccc4nccnc4c3)C2)cc1. The fourth-order valence-corrected chi connectivity index (χ4v) is 3.37. The third kappa shape index (κ3) is 3.46. The van der Waals surface area contributed by atoms with Crippen molar-refractivity contribution in [2.75, 3.05) is 5.32 Å². The molecule has 1 aliphatic rings. The van der Waals surface area contributed by atoms with E-state index in [0.29, 0.717) is 6.42 Å². The quantitative estimate of drug-likeness (QED) is 0.763. The number of anilines is 1. The van der Waals surface area contributed by atoms with Crippen LogP contribution in [0.3, 0.4) is 0 Å². The largest absolute Gasteiger partial charge is 0.326 e. The minimum absolute atomic E-state index is 0.117. The highest BCUT2D eigenvalue weighted by molar-refractivity contribution is 6.03. The second-order valence-electron chi connectivity index (χ2n) is 6.69. The molecule has 0 fully saturated rings. The third-order valence-electron chi connectivity index (χ3n) is 4.65. The molecule has 0 spiro atoms. The number of rotatable bonds is 3. The molecule has 0 aliphatic carbocycles. The van der Waals surface area contributed by atoms with Gasteiger partial charge in [0.25, 0.3) is 0 Å². The van der Waals surface area contributed by atoms with Gasteiger partial charge in [0.05, 0.1) is 22.8 Å². The predicted molar refractivity (Wildman–Crippen MR) is 107 cm³/mol. The van der Waals surface area contributed by atoms with Crippen molar-refractivity contribution >= 4 is 34.2 Å². The maximum atomic E-state index is 12.2. The number of fused-ring (bicyclic) bond motifs is 1. The van der Waals surface area contributed by atoms with E-state index in [0.717, 1.165) is 33.6 Å². The van der Waals surface area contributed by atoms with Gasteiger partial charge in [0.15, 0.2) is 0 Å². The number of nitrogens with one attached hydrogen (secondary N) is 1. The first kappa shape index (κ1) is 17.8. The fraction of sp³-hybridized carbons (Fsp3) is 0.190. The topological polar surface area (TPSA) is 87.5 Å². The van der Waals surface area contributed by atoms with Crippen LogP contribution in [0.15, 0.2) is 60.0 Å². The Bertz CT molecular complexity index is 1090. The van der Waals surface area contributed by atoms with E-state index >= 15 is 0 Å². The van der Waals surface area contributed by atoms with Gasteiger partial charge in [-0.3, -0.25) is 19.6 Å². The number of hydrogen-bond donors (Lipinski definition) is 1. The van der Waals surface area contributed by atoms with Gasteiger partial charge in [0.2, 0.25) is 11.8 Å². The van der Waals surface area contributed by atoms with Crippen molar-refractivity contribution in [3.63, 3.8) is 0 Å². The van der Waals surface area contributed by atoms with Gasteiger partial charge in [0.1, 0.15) is 0 Å². The van der Waals surface area contributed by atoms with E-state index in [1.165, 1.54) is 18.9 Å². The third-order valence-corrected chi connectivity index (χ3v) is 4.65. The first-order chi connectivity index (χ1) is 13.5. The number of carbonyl (C=O) groups excluding carboxylic acids is 2. The Morgan fingerprint density at radius 1 is 1.00 bits per heavy atom. The molecular formula is C21H19N5O2. The summed E-state index contributed by atoms with van der Waals surface area (Å²) in [6.45, 7) is 2.98. The zero-order chi connectivity index (χ0) is 19.7. The van der Waals surface area contributed by atoms with Crippen LogP contribution in [0.2, 0.25) is 0 Å². The van der Waals surface area contributed by atoms with E-state index < -0.39 is 0 Å². The van der Waals surface area contributed by atoms with Crippen LogP contribution < -0.4 is 5.32 Å². The van der Waals surface area contributed by atoms with Crippen LogP contribution in [0.4, 0.5) is 5.69 Å². The molecule has 1 atom stereocenters. The van der Waals surface area contributed by atoms with Gasteiger partial charge in [-0.25, -0.2) is 5.01 Å². The van der Waals surface area contributed by atoms with Crippen molar-refractivity contribution in [3.8, 4) is 0 Å². The van der Waals surface area contributed by atoms with Gasteiger partial charge < -0.3 is 5.32 Å². The summed E-state index contributed by atoms with van der Waals surface area (Å²) in [5.41, 5.74) is 5.04. The van der Waals surface area contributed by atoms with Crippen LogP contribution in [-0.4, -0.2) is 32.5 Å². The summed E-state index contributed by atoms with van der Waals surface area (Å²) in [4.78, 5) is 32.0. The molecule has 0 unspecified atom stereocenters. The summed E-state index contributed by atoms with van der Waals surface area (Å²) < 4.78 is 0. The molecule has 1 aromatic heterocycles. The molecule has 2 amide bonds. The molecule has 3 aromatic rings. The highest BCUT2D eigenvalue weighted by Gasteiger charge is 2.31. The molecule has 7 heteroatoms. The zero-order valence-electron chi connectivity index (χ0n) is 15.6. The van der Waals surface area contributed by atoms with Crippen LogP contribution in [0.1, 0.15) is 37.4 Å². The van der Waals surface area contributed by atoms with Crippen LogP contribution in [0, 0.1) is 0 Å². The molecule has 0 bridgehead atoms. The number of amides is 2. The van der Waals surface area contributed by atoms with Crippen molar-refractivity contribution in [1.29, 1.82) is 0 Å². The van der Waals surface area contributed by atoms with E-state index in [-0.39, 0.29) is 17.9 Å². The first-order valence-corrected chi connectivity index (χ1v) is 8.97. The minimum Gasteiger partial charge on any atom is -0.326 e. The molecule has 0 saturated heterocycles. The molecule has 2 aromatic carbocycles. The summed E-state index contributed by atoms with van der Waals surface area (Å²) in [7, 11) is 0. The van der Waals surface area contributed by atoms with Gasteiger partial charge in [-0.15, -0.1) is 0 Å². The summed E-state index contributed by atoms with van der Waals surface area (Å²) in [6.07, 6.45) is 3.91. The number of hydrogen-bond acceptors (Lipinski definition) is 5. The maximum Gasteiger partial charge on any atom is 0.240 e. The standard InChI is InChI=1S/C21H19N5O2/c1-13(27)24-17-6-3-15(4-7-17)19-12-21(26(25-19)14(2)28)16-5-8-18-20(11-16)23-10-9-22-18/h3-11,21H,12H2,1-2H3,(H,24,27)/t21-/m0/s1. The Hall–Kier alpha value is -3.61. The summed E-state index contributed by atoms with van der Waals surface area (Å²) >= 11 is 0. The summed E-state index contributed by atoms with van der Waals surface area (Å²) in [5.74, 6) is -0.234. The molecule has 140 valence electrons. The Labute approximate surface area is 162 Å². The monoisotopic (exact) mass is 373 g/mol. The van der Waals surface area contributed by atoms with Crippen molar-refractivity contribution in [3.05, 3.63) is 66.0 Å². The lowest BCUT2D eigenvalue weighted by Crippen LogP contribution is -2.24. The van der Waals surface area contributed by atoms with Crippen LogP contribution in [0.5, 0.6) is 0 Å². The van der Waals surface area contributed by atoms with Crippen LogP contribution >= 0.6 is 0 Å². The van der Waals surface area contributed by atoms with E-state index in [1.807, 2.05) is 42.5 Å². The molecule has 1 aliphatic heterocycles. The van der Waals surface area contributed by atoms with Crippen molar-refractivity contribution in [1.82, 2.24) is 15.0 Å². The maximum absolute atomic E-state index is 12.2. The van der Waals surface area contributed by atoms with Gasteiger partial charge in [0, 0.05) is 38.3 Å². The summed E-state index contributed by atoms with van der Waals surface area (Å²) in [5, 5.41) is 8.83. The Kier molecular flexibility index (Phi) is 4.57. The average Bonchev–Trinajstić information content (AvgIpc) is 3.13.